The maximum Gasteiger partial charge on any atom is 0.244 e. The number of carbonyl (C=O) groups excluding carboxylic acids is 1. The van der Waals surface area contributed by atoms with Crippen LogP contribution in [-0.4, -0.2) is 19.1 Å². The van der Waals surface area contributed by atoms with E-state index in [0.717, 1.165) is 11.1 Å². The third-order valence-corrected chi connectivity index (χ3v) is 3.71. The maximum absolute atomic E-state index is 12.8. The molecule has 0 atom stereocenters. The lowest BCUT2D eigenvalue weighted by atomic mass is 10.1. The van der Waals surface area contributed by atoms with E-state index in [4.69, 9.17) is 21.1 Å². The number of fused-ring (bicyclic) bond motifs is 1. The fourth-order valence-corrected chi connectivity index (χ4v) is 2.52. The molecule has 124 valence electrons. The molecule has 0 unspecified atom stereocenters. The molecule has 0 aromatic heterocycles. The van der Waals surface area contributed by atoms with Crippen molar-refractivity contribution in [1.82, 2.24) is 5.32 Å². The number of rotatable bonds is 4. The Labute approximate surface area is 143 Å². The Morgan fingerprint density at radius 3 is 2.75 bits per heavy atom. The van der Waals surface area contributed by atoms with Crippen LogP contribution in [0.25, 0.3) is 6.08 Å². The molecule has 0 fully saturated rings. The number of halogens is 2. The highest BCUT2D eigenvalue weighted by Gasteiger charge is 2.15. The first-order chi connectivity index (χ1) is 11.6. The number of hydrogen-bond acceptors (Lipinski definition) is 3. The van der Waals surface area contributed by atoms with Gasteiger partial charge < -0.3 is 14.8 Å². The Morgan fingerprint density at radius 2 is 1.96 bits per heavy atom. The Hall–Kier alpha value is -2.53. The summed E-state index contributed by atoms with van der Waals surface area (Å²) in [5, 5.41) is 3.17. The van der Waals surface area contributed by atoms with E-state index in [1.54, 1.807) is 30.3 Å². The molecule has 0 saturated heterocycles. The van der Waals surface area contributed by atoms with E-state index in [9.17, 15) is 9.18 Å². The van der Waals surface area contributed by atoms with E-state index in [0.29, 0.717) is 36.3 Å². The number of nitrogens with one attached hydrogen (secondary N) is 1. The van der Waals surface area contributed by atoms with Gasteiger partial charge in [-0.1, -0.05) is 23.7 Å². The highest BCUT2D eigenvalue weighted by atomic mass is 35.5. The lowest BCUT2D eigenvalue weighted by Crippen LogP contribution is -2.20. The topological polar surface area (TPSA) is 47.6 Å². The average Bonchev–Trinajstić information content (AvgIpc) is 2.59. The predicted octanol–water partition coefficient (Wildman–Crippen LogP) is 3.58. The van der Waals surface area contributed by atoms with Crippen molar-refractivity contribution in [2.75, 3.05) is 13.2 Å². The molecule has 2 aromatic rings. The number of amides is 1. The summed E-state index contributed by atoms with van der Waals surface area (Å²) in [5.74, 6) is 0.534. The molecule has 0 bridgehead atoms. The summed E-state index contributed by atoms with van der Waals surface area (Å²) >= 11 is 6.15. The second-order valence-corrected chi connectivity index (χ2v) is 5.61. The lowest BCUT2D eigenvalue weighted by Gasteiger charge is -2.19. The summed E-state index contributed by atoms with van der Waals surface area (Å²) in [6, 6.07) is 9.44. The molecule has 3 rings (SSSR count). The zero-order valence-corrected chi connectivity index (χ0v) is 13.5. The normalized spacial score (nSPS) is 13.1. The number of benzene rings is 2. The second-order valence-electron chi connectivity index (χ2n) is 5.20. The maximum atomic E-state index is 12.8. The van der Waals surface area contributed by atoms with Gasteiger partial charge in [-0.2, -0.15) is 0 Å². The van der Waals surface area contributed by atoms with Gasteiger partial charge in [0, 0.05) is 12.6 Å². The minimum atomic E-state index is -0.305. The van der Waals surface area contributed by atoms with Crippen molar-refractivity contribution in [2.45, 2.75) is 6.54 Å². The molecule has 0 radical (unpaired) electrons. The van der Waals surface area contributed by atoms with Gasteiger partial charge in [-0.05, 0) is 41.5 Å². The smallest absolute Gasteiger partial charge is 0.244 e. The van der Waals surface area contributed by atoms with Crippen LogP contribution in [0.1, 0.15) is 11.1 Å². The van der Waals surface area contributed by atoms with Crippen LogP contribution in [0.4, 0.5) is 4.39 Å². The summed E-state index contributed by atoms with van der Waals surface area (Å²) < 4.78 is 23.8. The quantitative estimate of drug-likeness (QED) is 0.860. The molecule has 6 heteroatoms. The van der Waals surface area contributed by atoms with Crippen molar-refractivity contribution in [3.8, 4) is 11.5 Å². The van der Waals surface area contributed by atoms with Gasteiger partial charge in [0.15, 0.2) is 11.5 Å². The first-order valence-electron chi connectivity index (χ1n) is 7.41. The number of carbonyl (C=O) groups is 1. The van der Waals surface area contributed by atoms with Crippen LogP contribution >= 0.6 is 11.6 Å². The predicted molar refractivity (Wildman–Crippen MR) is 89.7 cm³/mol. The molecule has 1 aliphatic rings. The van der Waals surface area contributed by atoms with Crippen LogP contribution in [0, 0.1) is 5.82 Å². The van der Waals surface area contributed by atoms with E-state index in [1.807, 2.05) is 0 Å². The zero-order valence-electron chi connectivity index (χ0n) is 12.7. The van der Waals surface area contributed by atoms with E-state index in [1.165, 1.54) is 18.2 Å². The summed E-state index contributed by atoms with van der Waals surface area (Å²) in [7, 11) is 0. The average molecular weight is 348 g/mol. The van der Waals surface area contributed by atoms with Gasteiger partial charge in [-0.15, -0.1) is 0 Å². The fraction of sp³-hybridized carbons (Fsp3) is 0.167. The molecule has 0 spiro atoms. The molecule has 1 heterocycles. The molecule has 1 amide bonds. The van der Waals surface area contributed by atoms with E-state index in [2.05, 4.69) is 5.32 Å². The minimum absolute atomic E-state index is 0.259. The molecular weight excluding hydrogens is 333 g/mol. The summed E-state index contributed by atoms with van der Waals surface area (Å²) in [5.41, 5.74) is 1.56. The van der Waals surface area contributed by atoms with Crippen LogP contribution in [-0.2, 0) is 11.3 Å². The molecule has 2 aromatic carbocycles. The third kappa shape index (κ3) is 4.06. The Bertz CT molecular complexity index is 775. The molecule has 1 N–H and O–H groups in total. The molecule has 24 heavy (non-hydrogen) atoms. The zero-order chi connectivity index (χ0) is 16.9. The van der Waals surface area contributed by atoms with Crippen molar-refractivity contribution < 1.29 is 18.7 Å². The standard InChI is InChI=1S/C18H15ClFNO3/c19-15-9-13(10-16-18(15)24-8-7-23-16)3-6-17(22)21-11-12-1-4-14(20)5-2-12/h1-6,9-10H,7-8,11H2,(H,21,22)/b6-3+. The van der Waals surface area contributed by atoms with Crippen molar-refractivity contribution in [3.05, 3.63) is 64.4 Å². The molecule has 0 saturated carbocycles. The highest BCUT2D eigenvalue weighted by molar-refractivity contribution is 6.32. The minimum Gasteiger partial charge on any atom is -0.486 e. The van der Waals surface area contributed by atoms with Gasteiger partial charge in [0.2, 0.25) is 5.91 Å². The lowest BCUT2D eigenvalue weighted by molar-refractivity contribution is -0.116. The third-order valence-electron chi connectivity index (χ3n) is 3.43. The van der Waals surface area contributed by atoms with Crippen LogP contribution in [0.15, 0.2) is 42.5 Å². The van der Waals surface area contributed by atoms with Gasteiger partial charge in [0.05, 0.1) is 5.02 Å². The van der Waals surface area contributed by atoms with E-state index < -0.39 is 0 Å². The van der Waals surface area contributed by atoms with Crippen molar-refractivity contribution in [3.63, 3.8) is 0 Å². The molecule has 0 aliphatic carbocycles. The number of ether oxygens (including phenoxy) is 2. The Morgan fingerprint density at radius 1 is 1.21 bits per heavy atom. The van der Waals surface area contributed by atoms with Crippen molar-refractivity contribution in [2.24, 2.45) is 0 Å². The summed E-state index contributed by atoms with van der Waals surface area (Å²) in [6.07, 6.45) is 3.05. The number of hydrogen-bond donors (Lipinski definition) is 1. The van der Waals surface area contributed by atoms with Crippen molar-refractivity contribution >= 4 is 23.6 Å². The van der Waals surface area contributed by atoms with Crippen LogP contribution < -0.4 is 14.8 Å². The van der Waals surface area contributed by atoms with Crippen molar-refractivity contribution in [1.29, 1.82) is 0 Å². The largest absolute Gasteiger partial charge is 0.486 e. The SMILES string of the molecule is O=C(/C=C/c1cc(Cl)c2c(c1)OCCO2)NCc1ccc(F)cc1. The van der Waals surface area contributed by atoms with E-state index >= 15 is 0 Å². The van der Waals surface area contributed by atoms with Crippen LogP contribution in [0.3, 0.4) is 0 Å². The molecular formula is C18H15ClFNO3. The van der Waals surface area contributed by atoms with Crippen LogP contribution in [0.2, 0.25) is 5.02 Å². The Balaban J connectivity index is 1.61. The monoisotopic (exact) mass is 347 g/mol. The Kier molecular flexibility index (Phi) is 5.01. The van der Waals surface area contributed by atoms with Gasteiger partial charge in [-0.25, -0.2) is 4.39 Å². The van der Waals surface area contributed by atoms with Gasteiger partial charge >= 0.3 is 0 Å². The summed E-state index contributed by atoms with van der Waals surface area (Å²) in [6.45, 7) is 1.26. The molecule has 1 aliphatic heterocycles. The van der Waals surface area contributed by atoms with E-state index in [-0.39, 0.29) is 11.7 Å². The molecule has 4 nitrogen and oxygen atoms in total. The summed E-state index contributed by atoms with van der Waals surface area (Å²) in [4.78, 5) is 11.9. The van der Waals surface area contributed by atoms with Gasteiger partial charge in [-0.3, -0.25) is 4.79 Å². The first-order valence-corrected chi connectivity index (χ1v) is 7.79. The van der Waals surface area contributed by atoms with Crippen LogP contribution in [0.5, 0.6) is 11.5 Å². The second kappa shape index (κ2) is 7.36. The van der Waals surface area contributed by atoms with Gasteiger partial charge in [0.25, 0.3) is 0 Å². The first kappa shape index (κ1) is 16.3. The van der Waals surface area contributed by atoms with Gasteiger partial charge in [0.1, 0.15) is 19.0 Å². The highest BCUT2D eigenvalue weighted by Crippen LogP contribution is 2.38. The fourth-order valence-electron chi connectivity index (χ4n) is 2.25.